The van der Waals surface area contributed by atoms with Gasteiger partial charge in [-0.25, -0.2) is 9.67 Å². The smallest absolute Gasteiger partial charge is 0.283 e. The van der Waals surface area contributed by atoms with E-state index >= 15 is 0 Å². The lowest BCUT2D eigenvalue weighted by Crippen LogP contribution is -2.19. The molecule has 116 valence electrons. The molecule has 0 aliphatic heterocycles. The van der Waals surface area contributed by atoms with Crippen molar-refractivity contribution in [2.75, 3.05) is 0 Å². The van der Waals surface area contributed by atoms with Crippen LogP contribution in [0.15, 0.2) is 64.4 Å². The fourth-order valence-corrected chi connectivity index (χ4v) is 3.00. The third kappa shape index (κ3) is 3.14. The molecule has 1 aromatic heterocycles. The molecule has 0 aliphatic rings. The van der Waals surface area contributed by atoms with E-state index in [0.717, 1.165) is 20.5 Å². The number of benzene rings is 2. The van der Waals surface area contributed by atoms with Crippen molar-refractivity contribution in [1.29, 1.82) is 0 Å². The van der Waals surface area contributed by atoms with Crippen LogP contribution in [-0.2, 0) is 7.05 Å². The summed E-state index contributed by atoms with van der Waals surface area (Å²) in [5.74, 6) is 0. The molecule has 3 rings (SSSR count). The number of nitrogens with zero attached hydrogens (tertiary/aromatic N) is 3. The molecular weight excluding hydrogens is 401 g/mol. The largest absolute Gasteiger partial charge is 0.297 e. The second kappa shape index (κ2) is 6.54. The van der Waals surface area contributed by atoms with Gasteiger partial charge >= 0.3 is 0 Å². The van der Waals surface area contributed by atoms with Gasteiger partial charge in [0.25, 0.3) is 5.56 Å². The van der Waals surface area contributed by atoms with Gasteiger partial charge in [0.05, 0.1) is 11.4 Å². The Bertz CT molecular complexity index is 923. The van der Waals surface area contributed by atoms with Crippen molar-refractivity contribution in [3.05, 3.63) is 79.8 Å². The Labute approximate surface area is 148 Å². The van der Waals surface area contributed by atoms with E-state index in [0.29, 0.717) is 5.69 Å². The number of aliphatic imine (C=N–C) groups is 1. The molecule has 4 nitrogen and oxygen atoms in total. The third-order valence-electron chi connectivity index (χ3n) is 3.72. The molecule has 0 bridgehead atoms. The van der Waals surface area contributed by atoms with E-state index in [1.165, 1.54) is 0 Å². The zero-order chi connectivity index (χ0) is 16.4. The number of para-hydroxylation sites is 1. The van der Waals surface area contributed by atoms with Crippen LogP contribution in [0.5, 0.6) is 0 Å². The number of hydrogen-bond donors (Lipinski definition) is 0. The van der Waals surface area contributed by atoms with Crippen LogP contribution < -0.4 is 5.56 Å². The van der Waals surface area contributed by atoms with Crippen molar-refractivity contribution in [3.8, 4) is 5.69 Å². The first-order valence-corrected chi connectivity index (χ1v) is 8.29. The van der Waals surface area contributed by atoms with E-state index in [1.54, 1.807) is 10.9 Å². The molecule has 0 saturated carbocycles. The van der Waals surface area contributed by atoms with Crippen LogP contribution in [-0.4, -0.2) is 15.6 Å². The SMILES string of the molecule is Cc1c(N=Cc2cccc(I)c2)c(=O)n(-c2ccccc2)n1C. The highest BCUT2D eigenvalue weighted by molar-refractivity contribution is 14.1. The summed E-state index contributed by atoms with van der Waals surface area (Å²) in [7, 11) is 1.87. The summed E-state index contributed by atoms with van der Waals surface area (Å²) in [5.41, 5.74) is 3.00. The molecule has 2 aromatic carbocycles. The van der Waals surface area contributed by atoms with Gasteiger partial charge in [0.2, 0.25) is 0 Å². The van der Waals surface area contributed by atoms with Crippen LogP contribution in [0, 0.1) is 10.5 Å². The molecule has 0 saturated heterocycles. The molecule has 0 N–H and O–H groups in total. The van der Waals surface area contributed by atoms with Crippen molar-refractivity contribution in [2.45, 2.75) is 6.92 Å². The van der Waals surface area contributed by atoms with Crippen molar-refractivity contribution in [3.63, 3.8) is 0 Å². The quantitative estimate of drug-likeness (QED) is 0.472. The van der Waals surface area contributed by atoms with E-state index in [1.807, 2.05) is 73.3 Å². The van der Waals surface area contributed by atoms with Crippen LogP contribution >= 0.6 is 22.6 Å². The number of rotatable bonds is 3. The Morgan fingerprint density at radius 2 is 1.83 bits per heavy atom. The Kier molecular flexibility index (Phi) is 4.47. The molecule has 0 radical (unpaired) electrons. The lowest BCUT2D eigenvalue weighted by Gasteiger charge is -2.07. The molecule has 0 fully saturated rings. The first kappa shape index (κ1) is 15.7. The number of halogens is 1. The molecule has 3 aromatic rings. The van der Waals surface area contributed by atoms with E-state index in [4.69, 9.17) is 0 Å². The Morgan fingerprint density at radius 3 is 2.52 bits per heavy atom. The second-order valence-electron chi connectivity index (χ2n) is 5.22. The molecule has 5 heteroatoms. The molecule has 0 aliphatic carbocycles. The van der Waals surface area contributed by atoms with E-state index in [-0.39, 0.29) is 5.56 Å². The zero-order valence-electron chi connectivity index (χ0n) is 12.9. The summed E-state index contributed by atoms with van der Waals surface area (Å²) in [6, 6.07) is 17.6. The zero-order valence-corrected chi connectivity index (χ0v) is 15.1. The first-order chi connectivity index (χ1) is 11.1. The van der Waals surface area contributed by atoms with Gasteiger partial charge in [-0.3, -0.25) is 9.48 Å². The Hall–Kier alpha value is -2.15. The van der Waals surface area contributed by atoms with Gasteiger partial charge in [0, 0.05) is 16.8 Å². The van der Waals surface area contributed by atoms with Gasteiger partial charge in [-0.15, -0.1) is 0 Å². The van der Waals surface area contributed by atoms with Crippen molar-refractivity contribution >= 4 is 34.5 Å². The Morgan fingerprint density at radius 1 is 1.09 bits per heavy atom. The van der Waals surface area contributed by atoms with Gasteiger partial charge in [0.15, 0.2) is 5.69 Å². The van der Waals surface area contributed by atoms with Gasteiger partial charge in [-0.1, -0.05) is 30.3 Å². The van der Waals surface area contributed by atoms with Crippen molar-refractivity contribution < 1.29 is 0 Å². The van der Waals surface area contributed by atoms with E-state index in [9.17, 15) is 4.79 Å². The lowest BCUT2D eigenvalue weighted by molar-refractivity contribution is 0.630. The summed E-state index contributed by atoms with van der Waals surface area (Å²) in [5, 5.41) is 0. The summed E-state index contributed by atoms with van der Waals surface area (Å²) in [4.78, 5) is 17.2. The fraction of sp³-hybridized carbons (Fsp3) is 0.111. The van der Waals surface area contributed by atoms with Crippen LogP contribution in [0.2, 0.25) is 0 Å². The monoisotopic (exact) mass is 417 g/mol. The van der Waals surface area contributed by atoms with Crippen LogP contribution in [0.1, 0.15) is 11.3 Å². The predicted octanol–water partition coefficient (Wildman–Crippen LogP) is 3.84. The van der Waals surface area contributed by atoms with E-state index in [2.05, 4.69) is 27.6 Å². The predicted molar refractivity (Wildman–Crippen MR) is 102 cm³/mol. The Balaban J connectivity index is 2.06. The molecular formula is C18H16IN3O. The van der Waals surface area contributed by atoms with Gasteiger partial charge < -0.3 is 0 Å². The summed E-state index contributed by atoms with van der Waals surface area (Å²) < 4.78 is 4.61. The minimum Gasteiger partial charge on any atom is -0.283 e. The number of aromatic nitrogens is 2. The average molecular weight is 417 g/mol. The molecule has 23 heavy (non-hydrogen) atoms. The normalized spacial score (nSPS) is 11.3. The van der Waals surface area contributed by atoms with Crippen LogP contribution in [0.25, 0.3) is 5.69 Å². The molecule has 1 heterocycles. The van der Waals surface area contributed by atoms with Crippen molar-refractivity contribution in [1.82, 2.24) is 9.36 Å². The van der Waals surface area contributed by atoms with Gasteiger partial charge in [0.1, 0.15) is 0 Å². The summed E-state index contributed by atoms with van der Waals surface area (Å²) >= 11 is 2.26. The fourth-order valence-electron chi connectivity index (χ4n) is 2.43. The van der Waals surface area contributed by atoms with Crippen LogP contribution in [0.4, 0.5) is 5.69 Å². The second-order valence-corrected chi connectivity index (χ2v) is 6.47. The van der Waals surface area contributed by atoms with E-state index < -0.39 is 0 Å². The molecule has 0 atom stereocenters. The maximum Gasteiger partial charge on any atom is 0.297 e. The van der Waals surface area contributed by atoms with Crippen molar-refractivity contribution in [2.24, 2.45) is 12.0 Å². The average Bonchev–Trinajstić information content (AvgIpc) is 2.76. The highest BCUT2D eigenvalue weighted by Crippen LogP contribution is 2.17. The van der Waals surface area contributed by atoms with Gasteiger partial charge in [-0.2, -0.15) is 0 Å². The molecule has 0 unspecified atom stereocenters. The van der Waals surface area contributed by atoms with Crippen LogP contribution in [0.3, 0.4) is 0 Å². The standard InChI is InChI=1S/C18H16IN3O/c1-13-17(20-12-14-7-6-8-15(19)11-14)18(23)22(21(13)2)16-9-4-3-5-10-16/h3-12H,1-2H3. The third-order valence-corrected chi connectivity index (χ3v) is 4.39. The summed E-state index contributed by atoms with van der Waals surface area (Å²) in [6.07, 6.45) is 1.74. The topological polar surface area (TPSA) is 39.3 Å². The molecule has 0 amide bonds. The number of hydrogen-bond acceptors (Lipinski definition) is 2. The van der Waals surface area contributed by atoms with Gasteiger partial charge in [-0.05, 0) is 59.3 Å². The summed E-state index contributed by atoms with van der Waals surface area (Å²) in [6.45, 7) is 1.91. The maximum atomic E-state index is 12.7. The maximum absolute atomic E-state index is 12.7. The highest BCUT2D eigenvalue weighted by atomic mass is 127. The first-order valence-electron chi connectivity index (χ1n) is 7.21. The molecule has 0 spiro atoms. The minimum absolute atomic E-state index is 0.113. The highest BCUT2D eigenvalue weighted by Gasteiger charge is 2.14. The minimum atomic E-state index is -0.113. The lowest BCUT2D eigenvalue weighted by atomic mass is 10.2.